The van der Waals surface area contributed by atoms with Crippen LogP contribution in [0.1, 0.15) is 37.7 Å². The number of benzene rings is 1. The van der Waals surface area contributed by atoms with Crippen molar-refractivity contribution in [2.24, 2.45) is 0 Å². The number of nitrogens with one attached hydrogen (secondary N) is 1. The molecule has 0 saturated carbocycles. The summed E-state index contributed by atoms with van der Waals surface area (Å²) in [4.78, 5) is 23.0. The smallest absolute Gasteiger partial charge is 0.305 e. The summed E-state index contributed by atoms with van der Waals surface area (Å²) in [5, 5.41) is 11.9. The van der Waals surface area contributed by atoms with Crippen molar-refractivity contribution in [1.82, 2.24) is 11.5 Å². The molecule has 0 aliphatic carbocycles. The molecular formula is C19H34N3O3+. The number of amides is 1. The van der Waals surface area contributed by atoms with E-state index in [1.807, 2.05) is 39.3 Å². The molecule has 6 nitrogen and oxygen atoms in total. The Hall–Kier alpha value is -1.92. The summed E-state index contributed by atoms with van der Waals surface area (Å²) in [6.07, 6.45) is 4.36. The third kappa shape index (κ3) is 12.1. The SMILES string of the molecule is C[N+](C)(C)C[C@@H](CC(=O)O)NC(=O)CCCCCc1ccccc1.N. The summed E-state index contributed by atoms with van der Waals surface area (Å²) in [6.45, 7) is 0.603. The number of quaternary nitrogens is 1. The molecule has 0 saturated heterocycles. The highest BCUT2D eigenvalue weighted by Gasteiger charge is 2.22. The van der Waals surface area contributed by atoms with Crippen molar-refractivity contribution in [2.75, 3.05) is 27.7 Å². The fourth-order valence-corrected chi connectivity index (χ4v) is 2.77. The van der Waals surface area contributed by atoms with Crippen LogP contribution >= 0.6 is 0 Å². The van der Waals surface area contributed by atoms with Gasteiger partial charge in [-0.1, -0.05) is 36.8 Å². The third-order valence-corrected chi connectivity index (χ3v) is 3.77. The molecule has 1 amide bonds. The Morgan fingerprint density at radius 2 is 1.72 bits per heavy atom. The largest absolute Gasteiger partial charge is 0.481 e. The van der Waals surface area contributed by atoms with Crippen molar-refractivity contribution in [3.8, 4) is 0 Å². The van der Waals surface area contributed by atoms with Gasteiger partial charge < -0.3 is 21.1 Å². The molecule has 1 aromatic rings. The van der Waals surface area contributed by atoms with Gasteiger partial charge in [0.1, 0.15) is 0 Å². The molecular weight excluding hydrogens is 318 g/mol. The normalized spacial score (nSPS) is 12.1. The van der Waals surface area contributed by atoms with E-state index >= 15 is 0 Å². The van der Waals surface area contributed by atoms with Crippen molar-refractivity contribution in [3.05, 3.63) is 35.9 Å². The summed E-state index contributed by atoms with van der Waals surface area (Å²) in [6, 6.07) is 10.0. The van der Waals surface area contributed by atoms with E-state index in [9.17, 15) is 9.59 Å². The van der Waals surface area contributed by atoms with E-state index in [4.69, 9.17) is 5.11 Å². The van der Waals surface area contributed by atoms with Crippen LogP contribution < -0.4 is 11.5 Å². The molecule has 0 spiro atoms. The molecule has 0 aromatic heterocycles. The van der Waals surface area contributed by atoms with E-state index in [0.29, 0.717) is 17.4 Å². The van der Waals surface area contributed by atoms with Crippen molar-refractivity contribution in [2.45, 2.75) is 44.6 Å². The van der Waals surface area contributed by atoms with Crippen LogP contribution in [0.2, 0.25) is 0 Å². The number of aliphatic carboxylic acids is 1. The maximum atomic E-state index is 12.0. The number of unbranched alkanes of at least 4 members (excludes halogenated alkanes) is 2. The molecule has 5 N–H and O–H groups in total. The lowest BCUT2D eigenvalue weighted by Crippen LogP contribution is -2.49. The third-order valence-electron chi connectivity index (χ3n) is 3.77. The van der Waals surface area contributed by atoms with Crippen LogP contribution in [0.3, 0.4) is 0 Å². The Labute approximate surface area is 151 Å². The number of hydrogen-bond donors (Lipinski definition) is 3. The molecule has 142 valence electrons. The quantitative estimate of drug-likeness (QED) is 0.421. The van der Waals surface area contributed by atoms with Gasteiger partial charge in [0.2, 0.25) is 5.91 Å². The van der Waals surface area contributed by atoms with Crippen molar-refractivity contribution >= 4 is 11.9 Å². The van der Waals surface area contributed by atoms with E-state index in [1.54, 1.807) is 0 Å². The summed E-state index contributed by atoms with van der Waals surface area (Å²) >= 11 is 0. The number of hydrogen-bond acceptors (Lipinski definition) is 3. The Morgan fingerprint density at radius 3 is 2.28 bits per heavy atom. The summed E-state index contributed by atoms with van der Waals surface area (Å²) < 4.78 is 0.620. The van der Waals surface area contributed by atoms with E-state index in [-0.39, 0.29) is 24.5 Å². The highest BCUT2D eigenvalue weighted by Crippen LogP contribution is 2.08. The lowest BCUT2D eigenvalue weighted by atomic mass is 10.1. The Balaban J connectivity index is 0.00000576. The lowest BCUT2D eigenvalue weighted by Gasteiger charge is -2.29. The standard InChI is InChI=1S/C19H30N2O3.H3N/c1-21(2,3)15-17(14-19(23)24)20-18(22)13-9-5-8-12-16-10-6-4-7-11-16;/h4,6-7,10-11,17H,5,8-9,12-15H2,1-3H3,(H-,20,22,23,24);1H3/p+1/t17-;/m1./s1. The zero-order valence-corrected chi connectivity index (χ0v) is 15.8. The molecule has 1 atom stereocenters. The maximum Gasteiger partial charge on any atom is 0.305 e. The number of nitrogens with zero attached hydrogens (tertiary/aromatic N) is 1. The minimum Gasteiger partial charge on any atom is -0.481 e. The highest BCUT2D eigenvalue weighted by atomic mass is 16.4. The minimum atomic E-state index is -0.878. The molecule has 0 bridgehead atoms. The number of likely N-dealkylation sites (N-methyl/N-ethyl adjacent to an activating group) is 1. The Bertz CT molecular complexity index is 512. The van der Waals surface area contributed by atoms with Crippen molar-refractivity contribution in [1.29, 1.82) is 0 Å². The predicted molar refractivity (Wildman–Crippen MR) is 101 cm³/mol. The van der Waals surface area contributed by atoms with E-state index in [2.05, 4.69) is 17.4 Å². The predicted octanol–water partition coefficient (Wildman–Crippen LogP) is 2.62. The van der Waals surface area contributed by atoms with E-state index in [0.717, 1.165) is 25.7 Å². The number of carbonyl (C=O) groups is 2. The van der Waals surface area contributed by atoms with E-state index < -0.39 is 5.97 Å². The van der Waals surface area contributed by atoms with E-state index in [1.165, 1.54) is 5.56 Å². The first-order chi connectivity index (χ1) is 11.3. The van der Waals surface area contributed by atoms with Gasteiger partial charge in [-0.3, -0.25) is 9.59 Å². The molecule has 6 heteroatoms. The van der Waals surface area contributed by atoms with Crippen LogP contribution in [0, 0.1) is 0 Å². The molecule has 0 fully saturated rings. The minimum absolute atomic E-state index is 0. The number of aryl methyl sites for hydroxylation is 1. The number of carbonyl (C=O) groups excluding carboxylic acids is 1. The summed E-state index contributed by atoms with van der Waals surface area (Å²) in [5.41, 5.74) is 1.33. The van der Waals surface area contributed by atoms with Crippen LogP contribution in [0.25, 0.3) is 0 Å². The van der Waals surface area contributed by atoms with Crippen LogP contribution in [-0.4, -0.2) is 55.2 Å². The number of carboxylic acid groups (broad SMARTS) is 1. The topological polar surface area (TPSA) is 101 Å². The van der Waals surface area contributed by atoms with Gasteiger partial charge in [-0.05, 0) is 24.8 Å². The van der Waals surface area contributed by atoms with Crippen LogP contribution in [-0.2, 0) is 16.0 Å². The zero-order chi connectivity index (χ0) is 18.0. The zero-order valence-electron chi connectivity index (χ0n) is 15.8. The summed E-state index contributed by atoms with van der Waals surface area (Å²) in [5.74, 6) is -0.925. The Kier molecular flexibility index (Phi) is 10.7. The maximum absolute atomic E-state index is 12.0. The first kappa shape index (κ1) is 23.1. The van der Waals surface area contributed by atoms with Gasteiger partial charge in [-0.15, -0.1) is 0 Å². The van der Waals surface area contributed by atoms with Crippen molar-refractivity contribution < 1.29 is 19.2 Å². The molecule has 0 unspecified atom stereocenters. The molecule has 0 aliphatic rings. The number of rotatable bonds is 11. The number of carboxylic acids is 1. The van der Waals surface area contributed by atoms with Crippen LogP contribution in [0.15, 0.2) is 30.3 Å². The molecule has 0 radical (unpaired) electrons. The monoisotopic (exact) mass is 352 g/mol. The molecule has 0 heterocycles. The van der Waals surface area contributed by atoms with Crippen LogP contribution in [0.5, 0.6) is 0 Å². The summed E-state index contributed by atoms with van der Waals surface area (Å²) in [7, 11) is 5.97. The molecule has 1 rings (SSSR count). The lowest BCUT2D eigenvalue weighted by molar-refractivity contribution is -0.871. The second-order valence-electron chi connectivity index (χ2n) is 7.38. The van der Waals surface area contributed by atoms with Crippen molar-refractivity contribution in [3.63, 3.8) is 0 Å². The van der Waals surface area contributed by atoms with Gasteiger partial charge in [-0.2, -0.15) is 0 Å². The first-order valence-electron chi connectivity index (χ1n) is 8.62. The van der Waals surface area contributed by atoms with Gasteiger partial charge >= 0.3 is 5.97 Å². The molecule has 0 aliphatic heterocycles. The highest BCUT2D eigenvalue weighted by molar-refractivity contribution is 5.77. The molecule has 25 heavy (non-hydrogen) atoms. The Morgan fingerprint density at radius 1 is 1.08 bits per heavy atom. The average molecular weight is 352 g/mol. The van der Waals surface area contributed by atoms with Gasteiger partial charge in [-0.25, -0.2) is 0 Å². The van der Waals surface area contributed by atoms with Gasteiger partial charge in [0.05, 0.1) is 40.2 Å². The first-order valence-corrected chi connectivity index (χ1v) is 8.62. The van der Waals surface area contributed by atoms with Gasteiger partial charge in [0.15, 0.2) is 0 Å². The van der Waals surface area contributed by atoms with Gasteiger partial charge in [0, 0.05) is 6.42 Å². The second kappa shape index (κ2) is 11.6. The van der Waals surface area contributed by atoms with Gasteiger partial charge in [0.25, 0.3) is 0 Å². The molecule has 1 aromatic carbocycles. The fourth-order valence-electron chi connectivity index (χ4n) is 2.77. The second-order valence-corrected chi connectivity index (χ2v) is 7.38. The average Bonchev–Trinajstić information content (AvgIpc) is 2.45. The van der Waals surface area contributed by atoms with Crippen LogP contribution in [0.4, 0.5) is 0 Å². The fraction of sp³-hybridized carbons (Fsp3) is 0.579.